The molecule has 28 heavy (non-hydrogen) atoms. The Labute approximate surface area is 168 Å². The van der Waals surface area contributed by atoms with Gasteiger partial charge in [0, 0.05) is 37.5 Å². The molecular weight excluding hydrogens is 348 g/mol. The van der Waals surface area contributed by atoms with Crippen molar-refractivity contribution >= 4 is 5.91 Å². The lowest BCUT2D eigenvalue weighted by Crippen LogP contribution is -2.42. The first kappa shape index (κ1) is 19.2. The van der Waals surface area contributed by atoms with Gasteiger partial charge < -0.3 is 9.64 Å². The Morgan fingerprint density at radius 3 is 2.14 bits per heavy atom. The summed E-state index contributed by atoms with van der Waals surface area (Å²) in [5, 5.41) is 0. The summed E-state index contributed by atoms with van der Waals surface area (Å²) in [6.45, 7) is 8.34. The molecule has 0 saturated carbocycles. The van der Waals surface area contributed by atoms with Gasteiger partial charge >= 0.3 is 0 Å². The Morgan fingerprint density at radius 2 is 1.50 bits per heavy atom. The van der Waals surface area contributed by atoms with Crippen LogP contribution in [0.15, 0.2) is 60.7 Å². The zero-order valence-electron chi connectivity index (χ0n) is 16.9. The van der Waals surface area contributed by atoms with Crippen LogP contribution in [0.4, 0.5) is 0 Å². The van der Waals surface area contributed by atoms with Gasteiger partial charge in [-0.3, -0.25) is 9.69 Å². The number of hydrogen-bond acceptors (Lipinski definition) is 3. The lowest BCUT2D eigenvalue weighted by atomic mass is 9.86. The first-order valence-electron chi connectivity index (χ1n) is 10.3. The number of hydrogen-bond donors (Lipinski definition) is 0. The number of carbonyl (C=O) groups is 1. The molecule has 0 aromatic heterocycles. The normalized spacial score (nSPS) is 25.6. The van der Waals surface area contributed by atoms with E-state index in [0.717, 1.165) is 26.2 Å². The van der Waals surface area contributed by atoms with Gasteiger partial charge in [0.25, 0.3) is 0 Å². The third-order valence-electron chi connectivity index (χ3n) is 6.40. The summed E-state index contributed by atoms with van der Waals surface area (Å²) >= 11 is 0. The Morgan fingerprint density at radius 1 is 0.893 bits per heavy atom. The Kier molecular flexibility index (Phi) is 5.51. The van der Waals surface area contributed by atoms with Crippen molar-refractivity contribution < 1.29 is 9.53 Å². The lowest BCUT2D eigenvalue weighted by Gasteiger charge is -2.35. The zero-order chi connectivity index (χ0) is 19.6. The van der Waals surface area contributed by atoms with E-state index >= 15 is 0 Å². The minimum Gasteiger partial charge on any atom is -0.379 e. The highest BCUT2D eigenvalue weighted by Crippen LogP contribution is 2.40. The van der Waals surface area contributed by atoms with Crippen LogP contribution in [0.5, 0.6) is 0 Å². The monoisotopic (exact) mass is 378 g/mol. The number of carbonyl (C=O) groups excluding carboxylic acids is 1. The second kappa shape index (κ2) is 8.06. The lowest BCUT2D eigenvalue weighted by molar-refractivity contribution is -0.129. The molecule has 0 bridgehead atoms. The van der Waals surface area contributed by atoms with Crippen LogP contribution >= 0.6 is 0 Å². The summed E-state index contributed by atoms with van der Waals surface area (Å²) in [6, 6.07) is 21.3. The van der Waals surface area contributed by atoms with Gasteiger partial charge in [-0.15, -0.1) is 0 Å². The van der Waals surface area contributed by atoms with E-state index in [4.69, 9.17) is 4.74 Å². The molecule has 0 radical (unpaired) electrons. The smallest absolute Gasteiger partial charge is 0.223 e. The molecule has 2 aliphatic heterocycles. The Bertz CT molecular complexity index is 795. The molecule has 2 saturated heterocycles. The fourth-order valence-corrected chi connectivity index (χ4v) is 4.69. The molecular formula is C24H30N2O2. The van der Waals surface area contributed by atoms with Crippen molar-refractivity contribution in [1.29, 1.82) is 0 Å². The van der Waals surface area contributed by atoms with E-state index in [9.17, 15) is 4.79 Å². The highest BCUT2D eigenvalue weighted by molar-refractivity contribution is 5.80. The molecule has 1 amide bonds. The standard InChI is InChI=1S/C24H30N2O2/c1-19(21-9-5-3-6-10-21)25-13-14-28-18-24(16-25)15-23(27)26(17-24)20(2)22-11-7-4-8-12-22/h3-12,19-20H,13-18H2,1-2H3/t19-,20-,24+/m1/s1. The molecule has 2 heterocycles. The van der Waals surface area contributed by atoms with E-state index < -0.39 is 0 Å². The van der Waals surface area contributed by atoms with Crippen LogP contribution in [-0.4, -0.2) is 48.6 Å². The van der Waals surface area contributed by atoms with Crippen LogP contribution in [0.2, 0.25) is 0 Å². The van der Waals surface area contributed by atoms with Crippen molar-refractivity contribution in [3.05, 3.63) is 71.8 Å². The first-order valence-corrected chi connectivity index (χ1v) is 10.3. The van der Waals surface area contributed by atoms with Crippen LogP contribution in [0, 0.1) is 5.41 Å². The summed E-state index contributed by atoms with van der Waals surface area (Å²) in [4.78, 5) is 17.5. The average Bonchev–Trinajstić information content (AvgIpc) is 2.92. The molecule has 2 aliphatic rings. The minimum atomic E-state index is -0.125. The predicted molar refractivity (Wildman–Crippen MR) is 111 cm³/mol. The maximum atomic E-state index is 13.0. The number of amides is 1. The minimum absolute atomic E-state index is 0.0938. The van der Waals surface area contributed by atoms with Crippen LogP contribution in [0.25, 0.3) is 0 Å². The maximum absolute atomic E-state index is 13.0. The molecule has 4 nitrogen and oxygen atoms in total. The van der Waals surface area contributed by atoms with Gasteiger partial charge in [-0.1, -0.05) is 60.7 Å². The van der Waals surface area contributed by atoms with Crippen molar-refractivity contribution in [2.45, 2.75) is 32.4 Å². The fraction of sp³-hybridized carbons (Fsp3) is 0.458. The summed E-state index contributed by atoms with van der Waals surface area (Å²) in [5.74, 6) is 0.245. The third-order valence-corrected chi connectivity index (χ3v) is 6.40. The molecule has 1 spiro atoms. The van der Waals surface area contributed by atoms with E-state index in [1.54, 1.807) is 0 Å². The van der Waals surface area contributed by atoms with Crippen LogP contribution in [0.1, 0.15) is 43.5 Å². The average molecular weight is 379 g/mol. The van der Waals surface area contributed by atoms with Crippen LogP contribution in [0.3, 0.4) is 0 Å². The fourth-order valence-electron chi connectivity index (χ4n) is 4.69. The van der Waals surface area contributed by atoms with Crippen LogP contribution < -0.4 is 0 Å². The van der Waals surface area contributed by atoms with Gasteiger partial charge in [-0.2, -0.15) is 0 Å². The summed E-state index contributed by atoms with van der Waals surface area (Å²) in [5.41, 5.74) is 2.38. The van der Waals surface area contributed by atoms with E-state index in [-0.39, 0.29) is 17.4 Å². The van der Waals surface area contributed by atoms with E-state index in [1.807, 2.05) is 18.2 Å². The van der Waals surface area contributed by atoms with Gasteiger partial charge in [-0.25, -0.2) is 0 Å². The topological polar surface area (TPSA) is 32.8 Å². The van der Waals surface area contributed by atoms with Crippen molar-refractivity contribution in [1.82, 2.24) is 9.80 Å². The number of likely N-dealkylation sites (tertiary alicyclic amines) is 1. The van der Waals surface area contributed by atoms with Gasteiger partial charge in [0.15, 0.2) is 0 Å². The van der Waals surface area contributed by atoms with Crippen molar-refractivity contribution in [3.63, 3.8) is 0 Å². The van der Waals surface area contributed by atoms with Gasteiger partial charge in [0.2, 0.25) is 5.91 Å². The zero-order valence-corrected chi connectivity index (χ0v) is 16.9. The van der Waals surface area contributed by atoms with E-state index in [1.165, 1.54) is 11.1 Å². The molecule has 2 fully saturated rings. The van der Waals surface area contributed by atoms with Crippen molar-refractivity contribution in [2.24, 2.45) is 5.41 Å². The highest BCUT2D eigenvalue weighted by atomic mass is 16.5. The maximum Gasteiger partial charge on any atom is 0.223 e. The SMILES string of the molecule is C[C@H](c1ccccc1)N1CCOC[C@@]2(CC(=O)N([C@H](C)c3ccccc3)C2)C1. The number of ether oxygens (including phenoxy) is 1. The van der Waals surface area contributed by atoms with Gasteiger partial charge in [0.05, 0.1) is 19.3 Å². The molecule has 0 aliphatic carbocycles. The molecule has 2 aromatic rings. The molecule has 3 atom stereocenters. The first-order chi connectivity index (χ1) is 13.6. The van der Waals surface area contributed by atoms with E-state index in [0.29, 0.717) is 19.1 Å². The summed E-state index contributed by atoms with van der Waals surface area (Å²) < 4.78 is 6.01. The van der Waals surface area contributed by atoms with Gasteiger partial charge in [-0.05, 0) is 25.0 Å². The Hall–Kier alpha value is -2.17. The summed E-state index contributed by atoms with van der Waals surface area (Å²) in [7, 11) is 0. The largest absolute Gasteiger partial charge is 0.379 e. The number of nitrogens with zero attached hydrogens (tertiary/aromatic N) is 2. The highest BCUT2D eigenvalue weighted by Gasteiger charge is 2.47. The van der Waals surface area contributed by atoms with Crippen molar-refractivity contribution in [2.75, 3.05) is 32.8 Å². The predicted octanol–water partition coefficient (Wildman–Crippen LogP) is 4.06. The second-order valence-corrected chi connectivity index (χ2v) is 8.39. The van der Waals surface area contributed by atoms with Crippen LogP contribution in [-0.2, 0) is 9.53 Å². The molecule has 0 unspecified atom stereocenters. The quantitative estimate of drug-likeness (QED) is 0.804. The Balaban J connectivity index is 1.53. The number of benzene rings is 2. The summed E-state index contributed by atoms with van der Waals surface area (Å²) in [6.07, 6.45) is 0.572. The molecule has 148 valence electrons. The number of rotatable bonds is 4. The molecule has 2 aromatic carbocycles. The van der Waals surface area contributed by atoms with Crippen molar-refractivity contribution in [3.8, 4) is 0 Å². The second-order valence-electron chi connectivity index (χ2n) is 8.39. The van der Waals surface area contributed by atoms with Gasteiger partial charge in [0.1, 0.15) is 0 Å². The molecule has 4 heteroatoms. The molecule has 0 N–H and O–H groups in total. The van der Waals surface area contributed by atoms with E-state index in [2.05, 4.69) is 66.1 Å². The molecule has 4 rings (SSSR count). The third kappa shape index (κ3) is 3.85.